The summed E-state index contributed by atoms with van der Waals surface area (Å²) < 4.78 is 11.8. The average Bonchev–Trinajstić information content (AvgIpc) is 3.26. The van der Waals surface area contributed by atoms with E-state index in [2.05, 4.69) is 31.4 Å². The summed E-state index contributed by atoms with van der Waals surface area (Å²) in [6.45, 7) is -0.230. The smallest absolute Gasteiger partial charge is 0.277 e. The van der Waals surface area contributed by atoms with Crippen LogP contribution in [0.4, 0.5) is 5.69 Å². The fourth-order valence-corrected chi connectivity index (χ4v) is 3.48. The van der Waals surface area contributed by atoms with Gasteiger partial charge in [-0.1, -0.05) is 18.2 Å². The molecule has 10 heteroatoms. The number of aromatic nitrogens is 1. The number of para-hydroxylation sites is 1. The molecule has 4 rings (SSSR count). The van der Waals surface area contributed by atoms with Gasteiger partial charge < -0.3 is 9.15 Å². The second kappa shape index (κ2) is 9.40. The van der Waals surface area contributed by atoms with Crippen molar-refractivity contribution in [3.63, 3.8) is 0 Å². The van der Waals surface area contributed by atoms with Crippen molar-refractivity contribution in [1.29, 1.82) is 0 Å². The molecule has 9 nitrogen and oxygen atoms in total. The number of furan rings is 1. The standard InChI is InChI=1S/C22H15BrN4O5/c23-18-11-15(27(29)30)6-8-17(18)19-9-7-16(32-19)12-25-26-21(28)13-31-20-5-1-3-14-4-2-10-24-22(14)20/h1-12H,13H2,(H,26,28)/b25-12-. The number of rotatable bonds is 7. The van der Waals surface area contributed by atoms with Crippen molar-refractivity contribution in [2.24, 2.45) is 5.10 Å². The maximum absolute atomic E-state index is 12.0. The Morgan fingerprint density at radius 1 is 1.22 bits per heavy atom. The molecule has 160 valence electrons. The number of fused-ring (bicyclic) bond motifs is 1. The van der Waals surface area contributed by atoms with E-state index in [-0.39, 0.29) is 12.3 Å². The molecule has 0 aliphatic rings. The SMILES string of the molecule is O=C(COc1cccc2cccnc12)N/N=C\c1ccc(-c2ccc([N+](=O)[O-])cc2Br)o1. The molecule has 0 saturated carbocycles. The largest absolute Gasteiger partial charge is 0.481 e. The second-order valence-electron chi connectivity index (χ2n) is 6.54. The fourth-order valence-electron chi connectivity index (χ4n) is 2.92. The summed E-state index contributed by atoms with van der Waals surface area (Å²) in [4.78, 5) is 26.7. The van der Waals surface area contributed by atoms with Crippen molar-refractivity contribution in [3.05, 3.63) is 87.2 Å². The number of amides is 1. The Labute approximate surface area is 190 Å². The van der Waals surface area contributed by atoms with Crippen LogP contribution in [0.25, 0.3) is 22.2 Å². The maximum Gasteiger partial charge on any atom is 0.277 e. The van der Waals surface area contributed by atoms with E-state index in [1.165, 1.54) is 18.3 Å². The van der Waals surface area contributed by atoms with Crippen molar-refractivity contribution < 1.29 is 18.9 Å². The molecular formula is C22H15BrN4O5. The van der Waals surface area contributed by atoms with Crippen LogP contribution in [0, 0.1) is 10.1 Å². The Bertz CT molecular complexity index is 1330. The number of benzene rings is 2. The number of nitro groups is 1. The number of nitrogens with zero attached hydrogens (tertiary/aromatic N) is 3. The third kappa shape index (κ3) is 4.81. The number of hydrazone groups is 1. The molecule has 0 bridgehead atoms. The summed E-state index contributed by atoms with van der Waals surface area (Å²) in [6, 6.07) is 17.0. The van der Waals surface area contributed by atoms with Crippen LogP contribution in [0.2, 0.25) is 0 Å². The Balaban J connectivity index is 1.35. The van der Waals surface area contributed by atoms with Crippen LogP contribution in [0.3, 0.4) is 0 Å². The van der Waals surface area contributed by atoms with Gasteiger partial charge in [-0.25, -0.2) is 5.43 Å². The van der Waals surface area contributed by atoms with E-state index < -0.39 is 10.8 Å². The minimum Gasteiger partial charge on any atom is -0.481 e. The van der Waals surface area contributed by atoms with Crippen LogP contribution < -0.4 is 10.2 Å². The van der Waals surface area contributed by atoms with Crippen molar-refractivity contribution in [3.8, 4) is 17.1 Å². The van der Waals surface area contributed by atoms with Gasteiger partial charge in [-0.3, -0.25) is 19.9 Å². The number of ether oxygens (including phenoxy) is 1. The van der Waals surface area contributed by atoms with Gasteiger partial charge in [-0.2, -0.15) is 5.10 Å². The summed E-state index contributed by atoms with van der Waals surface area (Å²) in [6.07, 6.45) is 3.01. The van der Waals surface area contributed by atoms with Gasteiger partial charge in [-0.15, -0.1) is 0 Å². The summed E-state index contributed by atoms with van der Waals surface area (Å²) in [7, 11) is 0. The van der Waals surface area contributed by atoms with Crippen LogP contribution in [-0.4, -0.2) is 28.6 Å². The van der Waals surface area contributed by atoms with Crippen LogP contribution in [0.5, 0.6) is 5.75 Å². The van der Waals surface area contributed by atoms with E-state index in [0.717, 1.165) is 5.39 Å². The highest BCUT2D eigenvalue weighted by atomic mass is 79.9. The molecule has 32 heavy (non-hydrogen) atoms. The van der Waals surface area contributed by atoms with Crippen LogP contribution in [0.15, 0.2) is 80.9 Å². The minimum absolute atomic E-state index is 0.0295. The molecule has 2 heterocycles. The number of carbonyl (C=O) groups is 1. The van der Waals surface area contributed by atoms with Gasteiger partial charge >= 0.3 is 0 Å². The zero-order valence-corrected chi connectivity index (χ0v) is 18.0. The lowest BCUT2D eigenvalue weighted by molar-refractivity contribution is -0.384. The quantitative estimate of drug-likeness (QED) is 0.226. The molecule has 4 aromatic rings. The van der Waals surface area contributed by atoms with E-state index in [4.69, 9.17) is 9.15 Å². The van der Waals surface area contributed by atoms with Gasteiger partial charge in [0.2, 0.25) is 0 Å². The number of carbonyl (C=O) groups excluding carboxylic acids is 1. The monoisotopic (exact) mass is 494 g/mol. The van der Waals surface area contributed by atoms with Gasteiger partial charge in [-0.05, 0) is 46.3 Å². The molecule has 0 spiro atoms. The molecule has 2 aromatic carbocycles. The maximum atomic E-state index is 12.0. The summed E-state index contributed by atoms with van der Waals surface area (Å²) in [5, 5.41) is 15.6. The number of halogens is 1. The Kier molecular flexibility index (Phi) is 6.22. The molecule has 2 aromatic heterocycles. The average molecular weight is 495 g/mol. The van der Waals surface area contributed by atoms with Gasteiger partial charge in [0, 0.05) is 33.8 Å². The topological polar surface area (TPSA) is 120 Å². The third-order valence-corrected chi connectivity index (χ3v) is 5.05. The Morgan fingerprint density at radius 3 is 2.88 bits per heavy atom. The molecule has 0 saturated heterocycles. The molecule has 0 unspecified atom stereocenters. The molecule has 0 aliphatic carbocycles. The first kappa shape index (κ1) is 21.2. The minimum atomic E-state index is -0.474. The number of hydrogen-bond acceptors (Lipinski definition) is 7. The highest BCUT2D eigenvalue weighted by molar-refractivity contribution is 9.10. The molecule has 1 N–H and O–H groups in total. The van der Waals surface area contributed by atoms with E-state index in [0.29, 0.717) is 32.8 Å². The van der Waals surface area contributed by atoms with Crippen LogP contribution in [0.1, 0.15) is 5.76 Å². The molecule has 0 aliphatic heterocycles. The van der Waals surface area contributed by atoms with Gasteiger partial charge in [0.05, 0.1) is 11.1 Å². The van der Waals surface area contributed by atoms with E-state index in [1.807, 2.05) is 24.3 Å². The lowest BCUT2D eigenvalue weighted by Gasteiger charge is -2.07. The molecular weight excluding hydrogens is 480 g/mol. The number of nitro benzene ring substituents is 1. The zero-order valence-electron chi connectivity index (χ0n) is 16.4. The predicted octanol–water partition coefficient (Wildman–Crippen LogP) is 4.69. The lowest BCUT2D eigenvalue weighted by Crippen LogP contribution is -2.24. The Morgan fingerprint density at radius 2 is 2.06 bits per heavy atom. The second-order valence-corrected chi connectivity index (χ2v) is 7.39. The molecule has 0 radical (unpaired) electrons. The molecule has 1 amide bonds. The first-order chi connectivity index (χ1) is 15.5. The van der Waals surface area contributed by atoms with Crippen LogP contribution in [-0.2, 0) is 4.79 Å². The molecule has 0 fully saturated rings. The van der Waals surface area contributed by atoms with Gasteiger partial charge in [0.25, 0.3) is 11.6 Å². The highest BCUT2D eigenvalue weighted by Crippen LogP contribution is 2.32. The summed E-state index contributed by atoms with van der Waals surface area (Å²) >= 11 is 3.31. The number of hydrogen-bond donors (Lipinski definition) is 1. The number of nitrogens with one attached hydrogen (secondary N) is 1. The predicted molar refractivity (Wildman–Crippen MR) is 121 cm³/mol. The van der Waals surface area contributed by atoms with Crippen molar-refractivity contribution in [1.82, 2.24) is 10.4 Å². The highest BCUT2D eigenvalue weighted by Gasteiger charge is 2.13. The van der Waals surface area contributed by atoms with E-state index in [9.17, 15) is 14.9 Å². The fraction of sp³-hybridized carbons (Fsp3) is 0.0455. The van der Waals surface area contributed by atoms with Crippen molar-refractivity contribution in [2.75, 3.05) is 6.61 Å². The first-order valence-electron chi connectivity index (χ1n) is 9.34. The third-order valence-electron chi connectivity index (χ3n) is 4.39. The summed E-state index contributed by atoms with van der Waals surface area (Å²) in [5.41, 5.74) is 3.66. The zero-order chi connectivity index (χ0) is 22.5. The van der Waals surface area contributed by atoms with E-state index in [1.54, 1.807) is 30.5 Å². The Hall–Kier alpha value is -4.05. The van der Waals surface area contributed by atoms with Crippen molar-refractivity contribution >= 4 is 44.6 Å². The summed E-state index contributed by atoms with van der Waals surface area (Å²) in [5.74, 6) is 0.946. The lowest BCUT2D eigenvalue weighted by atomic mass is 10.1. The number of non-ortho nitro benzene ring substituents is 1. The van der Waals surface area contributed by atoms with E-state index >= 15 is 0 Å². The van der Waals surface area contributed by atoms with Crippen LogP contribution >= 0.6 is 15.9 Å². The van der Waals surface area contributed by atoms with Gasteiger partial charge in [0.15, 0.2) is 6.61 Å². The first-order valence-corrected chi connectivity index (χ1v) is 10.1. The van der Waals surface area contributed by atoms with Crippen molar-refractivity contribution in [2.45, 2.75) is 0 Å². The van der Waals surface area contributed by atoms with Gasteiger partial charge in [0.1, 0.15) is 22.8 Å². The normalized spacial score (nSPS) is 11.0. The number of pyridine rings is 1. The molecule has 0 atom stereocenters.